The third-order valence-corrected chi connectivity index (χ3v) is 4.55. The molecule has 0 aromatic rings. The van der Waals surface area contributed by atoms with E-state index in [1.165, 1.54) is 4.31 Å². The van der Waals surface area contributed by atoms with E-state index in [4.69, 9.17) is 0 Å². The molecule has 1 N–H and O–H groups in total. The minimum atomic E-state index is -2.44. The van der Waals surface area contributed by atoms with Crippen molar-refractivity contribution in [1.82, 2.24) is 4.31 Å². The predicted molar refractivity (Wildman–Crippen MR) is 86.4 cm³/mol. The minimum absolute atomic E-state index is 0.267. The molecule has 22 heavy (non-hydrogen) atoms. The molecular weight excluding hydrogens is 302 g/mol. The molecule has 0 aromatic heterocycles. The molecule has 6 heteroatoms. The summed E-state index contributed by atoms with van der Waals surface area (Å²) in [5, 5.41) is 9.30. The maximum absolute atomic E-state index is 11.6. The van der Waals surface area contributed by atoms with E-state index in [0.717, 1.165) is 5.57 Å². The molecule has 1 aliphatic rings. The minimum Gasteiger partial charge on any atom is -0.755 e. The summed E-state index contributed by atoms with van der Waals surface area (Å²) >= 11 is -2.44. The van der Waals surface area contributed by atoms with Crippen LogP contribution in [0.3, 0.4) is 0 Å². The van der Waals surface area contributed by atoms with Crippen molar-refractivity contribution in [3.8, 4) is 0 Å². The van der Waals surface area contributed by atoms with Gasteiger partial charge >= 0.3 is 5.97 Å². The summed E-state index contributed by atoms with van der Waals surface area (Å²) in [5.74, 6) is -0.915. The van der Waals surface area contributed by atoms with E-state index in [0.29, 0.717) is 11.3 Å². The van der Waals surface area contributed by atoms with E-state index >= 15 is 0 Å². The van der Waals surface area contributed by atoms with Gasteiger partial charge in [0.05, 0.1) is 17.2 Å². The number of carboxylic acid groups (broad SMARTS) is 1. The van der Waals surface area contributed by atoms with Crippen molar-refractivity contribution in [2.75, 3.05) is 0 Å². The molecule has 1 aliphatic heterocycles. The Labute approximate surface area is 134 Å². The van der Waals surface area contributed by atoms with Crippen LogP contribution in [0.15, 0.2) is 47.7 Å². The Kier molecular flexibility index (Phi) is 5.91. The summed E-state index contributed by atoms with van der Waals surface area (Å²) < 4.78 is 24.5. The lowest BCUT2D eigenvalue weighted by Gasteiger charge is -2.41. The van der Waals surface area contributed by atoms with Crippen LogP contribution in [-0.4, -0.2) is 30.2 Å². The Morgan fingerprint density at radius 2 is 2.18 bits per heavy atom. The van der Waals surface area contributed by atoms with E-state index in [9.17, 15) is 18.7 Å². The van der Waals surface area contributed by atoms with Crippen LogP contribution in [0.5, 0.6) is 0 Å². The Morgan fingerprint density at radius 1 is 1.59 bits per heavy atom. The SMILES string of the molecule is C=C/C=C1/C=C(CC(C)(C)C(=O)O)[C@@H](C)N(S(=O)[O-])/C1=C/C. The van der Waals surface area contributed by atoms with Gasteiger partial charge in [0.1, 0.15) is 0 Å². The molecule has 122 valence electrons. The van der Waals surface area contributed by atoms with Gasteiger partial charge in [-0.3, -0.25) is 13.3 Å². The first kappa shape index (κ1) is 18.4. The van der Waals surface area contributed by atoms with Crippen molar-refractivity contribution in [1.29, 1.82) is 0 Å². The quantitative estimate of drug-likeness (QED) is 0.788. The highest BCUT2D eigenvalue weighted by Crippen LogP contribution is 2.37. The van der Waals surface area contributed by atoms with Crippen molar-refractivity contribution in [3.05, 3.63) is 47.7 Å². The largest absolute Gasteiger partial charge is 0.755 e. The maximum Gasteiger partial charge on any atom is 0.309 e. The molecule has 0 saturated heterocycles. The summed E-state index contributed by atoms with van der Waals surface area (Å²) in [6.45, 7) is 10.4. The summed E-state index contributed by atoms with van der Waals surface area (Å²) in [7, 11) is 0. The normalized spacial score (nSPS) is 24.3. The molecule has 0 spiro atoms. The van der Waals surface area contributed by atoms with Gasteiger partial charge in [0.25, 0.3) is 0 Å². The highest BCUT2D eigenvalue weighted by molar-refractivity contribution is 7.76. The fourth-order valence-electron chi connectivity index (χ4n) is 2.43. The fraction of sp³-hybridized carbons (Fsp3) is 0.438. The van der Waals surface area contributed by atoms with E-state index in [2.05, 4.69) is 6.58 Å². The van der Waals surface area contributed by atoms with Gasteiger partial charge in [-0.25, -0.2) is 0 Å². The Hall–Kier alpha value is -1.66. The number of carboxylic acids is 1. The molecule has 2 atom stereocenters. The van der Waals surface area contributed by atoms with Crippen LogP contribution in [0.25, 0.3) is 0 Å². The van der Waals surface area contributed by atoms with Gasteiger partial charge in [-0.1, -0.05) is 30.9 Å². The van der Waals surface area contributed by atoms with Crippen molar-refractivity contribution < 1.29 is 18.7 Å². The lowest BCUT2D eigenvalue weighted by atomic mass is 9.81. The number of hydrogen-bond acceptors (Lipinski definition) is 3. The topological polar surface area (TPSA) is 80.7 Å². The first-order chi connectivity index (χ1) is 10.2. The van der Waals surface area contributed by atoms with Crippen molar-refractivity contribution >= 4 is 17.2 Å². The lowest BCUT2D eigenvalue weighted by molar-refractivity contribution is -0.146. The first-order valence-corrected chi connectivity index (χ1v) is 8.00. The fourth-order valence-corrected chi connectivity index (χ4v) is 3.19. The van der Waals surface area contributed by atoms with Gasteiger partial charge < -0.3 is 9.66 Å². The summed E-state index contributed by atoms with van der Waals surface area (Å²) in [6, 6.07) is -0.426. The molecule has 5 nitrogen and oxygen atoms in total. The highest BCUT2D eigenvalue weighted by atomic mass is 32.2. The zero-order valence-electron chi connectivity index (χ0n) is 13.3. The van der Waals surface area contributed by atoms with Gasteiger partial charge in [-0.05, 0) is 45.3 Å². The Morgan fingerprint density at radius 3 is 2.59 bits per heavy atom. The molecule has 0 aliphatic carbocycles. The zero-order chi connectivity index (χ0) is 17.1. The van der Waals surface area contributed by atoms with E-state index in [1.54, 1.807) is 45.9 Å². The molecule has 1 heterocycles. The molecular formula is C16H22NO4S-. The third-order valence-electron chi connectivity index (χ3n) is 3.72. The summed E-state index contributed by atoms with van der Waals surface area (Å²) in [6.07, 6.45) is 7.14. The third kappa shape index (κ3) is 3.75. The van der Waals surface area contributed by atoms with E-state index < -0.39 is 28.7 Å². The summed E-state index contributed by atoms with van der Waals surface area (Å²) in [5.41, 5.74) is 1.06. The van der Waals surface area contributed by atoms with Gasteiger partial charge in [0.15, 0.2) is 0 Å². The predicted octanol–water partition coefficient (Wildman–Crippen LogP) is 2.93. The number of nitrogens with zero attached hydrogens (tertiary/aromatic N) is 1. The van der Waals surface area contributed by atoms with Gasteiger partial charge in [0, 0.05) is 11.3 Å². The van der Waals surface area contributed by atoms with Crippen LogP contribution in [0.1, 0.15) is 34.1 Å². The average Bonchev–Trinajstić information content (AvgIpc) is 2.41. The molecule has 1 unspecified atom stereocenters. The standard InChI is InChI=1S/C16H23NO4S/c1-6-8-12-9-13(10-16(4,5)15(18)19)11(3)17(22(20)21)14(12)7-2/h6-9,11H,1,10H2,2-5H3,(H,18,19)(H,20,21)/p-1/b12-8-,14-7+/t11-/m1/s1. The van der Waals surface area contributed by atoms with Crippen LogP contribution in [0.4, 0.5) is 0 Å². The van der Waals surface area contributed by atoms with Gasteiger partial charge in [-0.15, -0.1) is 0 Å². The van der Waals surface area contributed by atoms with Crippen LogP contribution >= 0.6 is 0 Å². The number of allylic oxidation sites excluding steroid dienone is 4. The van der Waals surface area contributed by atoms with Crippen LogP contribution in [0.2, 0.25) is 0 Å². The van der Waals surface area contributed by atoms with Crippen molar-refractivity contribution in [2.24, 2.45) is 5.41 Å². The van der Waals surface area contributed by atoms with Gasteiger partial charge in [-0.2, -0.15) is 0 Å². The maximum atomic E-state index is 11.6. The molecule has 0 saturated carbocycles. The first-order valence-electron chi connectivity index (χ1n) is 6.97. The molecule has 0 fully saturated rings. The van der Waals surface area contributed by atoms with Crippen LogP contribution in [0, 0.1) is 5.41 Å². The van der Waals surface area contributed by atoms with Crippen molar-refractivity contribution in [3.63, 3.8) is 0 Å². The van der Waals surface area contributed by atoms with Crippen molar-refractivity contribution in [2.45, 2.75) is 40.2 Å². The smallest absolute Gasteiger partial charge is 0.309 e. The monoisotopic (exact) mass is 324 g/mol. The Balaban J connectivity index is 3.38. The van der Waals surface area contributed by atoms with Crippen LogP contribution < -0.4 is 0 Å². The Bertz CT molecular complexity index is 587. The number of rotatable bonds is 5. The summed E-state index contributed by atoms with van der Waals surface area (Å²) in [4.78, 5) is 11.3. The highest BCUT2D eigenvalue weighted by Gasteiger charge is 2.34. The molecule has 0 radical (unpaired) electrons. The molecule has 1 rings (SSSR count). The zero-order valence-corrected chi connectivity index (χ0v) is 14.1. The molecule has 0 amide bonds. The van der Waals surface area contributed by atoms with Gasteiger partial charge in [0.2, 0.25) is 0 Å². The lowest BCUT2D eigenvalue weighted by Crippen LogP contribution is -2.40. The number of hydrogen-bond donors (Lipinski definition) is 1. The molecule has 0 aromatic carbocycles. The second kappa shape index (κ2) is 7.07. The van der Waals surface area contributed by atoms with E-state index in [1.807, 2.05) is 6.08 Å². The number of aliphatic carboxylic acids is 1. The van der Waals surface area contributed by atoms with Crippen LogP contribution in [-0.2, 0) is 16.1 Å². The second-order valence-electron chi connectivity index (χ2n) is 5.84. The number of carbonyl (C=O) groups is 1. The average molecular weight is 324 g/mol. The molecule has 0 bridgehead atoms. The van der Waals surface area contributed by atoms with E-state index in [-0.39, 0.29) is 6.42 Å². The second-order valence-corrected chi connectivity index (χ2v) is 6.66.